The predicted octanol–water partition coefficient (Wildman–Crippen LogP) is 1.27. The molecule has 0 fully saturated rings. The molecule has 1 unspecified atom stereocenters. The molecule has 0 aliphatic heterocycles. The molecule has 0 bridgehead atoms. The van der Waals surface area contributed by atoms with Crippen molar-refractivity contribution in [2.75, 3.05) is 26.4 Å². The van der Waals surface area contributed by atoms with Crippen molar-refractivity contribution in [3.8, 4) is 0 Å². The fourth-order valence-electron chi connectivity index (χ4n) is 2.24. The number of aliphatic hydroxyl groups excluding tert-OH is 1. The van der Waals surface area contributed by atoms with Gasteiger partial charge in [-0.3, -0.25) is 0 Å². The summed E-state index contributed by atoms with van der Waals surface area (Å²) in [5, 5.41) is 12.1. The summed E-state index contributed by atoms with van der Waals surface area (Å²) in [6, 6.07) is 9.09. The number of benzene rings is 1. The highest BCUT2D eigenvalue weighted by atomic mass is 16.5. The van der Waals surface area contributed by atoms with Gasteiger partial charge < -0.3 is 15.2 Å². The number of nitrogens with one attached hydrogen (secondary N) is 1. The first-order valence-electron chi connectivity index (χ1n) is 5.91. The first-order valence-corrected chi connectivity index (χ1v) is 5.91. The summed E-state index contributed by atoms with van der Waals surface area (Å²) >= 11 is 0. The molecule has 1 atom stereocenters. The average Bonchev–Trinajstić information content (AvgIpc) is 2.73. The molecule has 2 rings (SSSR count). The lowest BCUT2D eigenvalue weighted by Gasteiger charge is -2.13. The highest BCUT2D eigenvalue weighted by Crippen LogP contribution is 2.30. The van der Waals surface area contributed by atoms with Crippen molar-refractivity contribution in [1.29, 1.82) is 0 Å². The first-order chi connectivity index (χ1) is 7.92. The third-order valence-corrected chi connectivity index (χ3v) is 3.01. The topological polar surface area (TPSA) is 41.5 Å². The molecule has 0 saturated carbocycles. The maximum Gasteiger partial charge on any atom is 0.0698 e. The van der Waals surface area contributed by atoms with Crippen LogP contribution in [0.1, 0.15) is 23.6 Å². The fraction of sp³-hybridized carbons (Fsp3) is 0.538. The van der Waals surface area contributed by atoms with E-state index in [0.717, 1.165) is 6.54 Å². The summed E-state index contributed by atoms with van der Waals surface area (Å²) in [5.41, 5.74) is 2.90. The quantitative estimate of drug-likeness (QED) is 0.711. The lowest BCUT2D eigenvalue weighted by Crippen LogP contribution is -2.24. The molecule has 2 N–H and O–H groups in total. The molecule has 1 aliphatic carbocycles. The summed E-state index contributed by atoms with van der Waals surface area (Å²) < 4.78 is 5.22. The van der Waals surface area contributed by atoms with E-state index in [-0.39, 0.29) is 6.61 Å². The van der Waals surface area contributed by atoms with E-state index in [1.807, 2.05) is 0 Å². The minimum atomic E-state index is 0.103. The van der Waals surface area contributed by atoms with Gasteiger partial charge in [-0.05, 0) is 24.0 Å². The van der Waals surface area contributed by atoms with E-state index in [9.17, 15) is 0 Å². The van der Waals surface area contributed by atoms with E-state index in [1.54, 1.807) is 0 Å². The second-order valence-corrected chi connectivity index (χ2v) is 4.08. The van der Waals surface area contributed by atoms with Crippen molar-refractivity contribution >= 4 is 0 Å². The van der Waals surface area contributed by atoms with E-state index in [1.165, 1.54) is 24.0 Å². The number of fused-ring (bicyclic) bond motifs is 1. The molecular weight excluding hydrogens is 202 g/mol. The Morgan fingerprint density at radius 3 is 3.06 bits per heavy atom. The van der Waals surface area contributed by atoms with Crippen molar-refractivity contribution in [2.24, 2.45) is 0 Å². The average molecular weight is 221 g/mol. The number of ether oxygens (including phenoxy) is 1. The predicted molar refractivity (Wildman–Crippen MR) is 63.4 cm³/mol. The second-order valence-electron chi connectivity index (χ2n) is 4.08. The number of hydrogen-bond acceptors (Lipinski definition) is 3. The zero-order valence-corrected chi connectivity index (χ0v) is 9.48. The molecule has 0 heterocycles. The number of hydrogen-bond donors (Lipinski definition) is 2. The molecule has 0 aromatic heterocycles. The zero-order chi connectivity index (χ0) is 11.2. The standard InChI is InChI=1S/C13H19NO2/c15-8-10-16-9-7-14-13-6-5-11-3-1-2-4-12(11)13/h1-4,13-15H,5-10H2. The molecule has 3 nitrogen and oxygen atoms in total. The van der Waals surface area contributed by atoms with Crippen molar-refractivity contribution in [3.63, 3.8) is 0 Å². The van der Waals surface area contributed by atoms with Crippen molar-refractivity contribution in [3.05, 3.63) is 35.4 Å². The molecule has 1 aromatic rings. The second kappa shape index (κ2) is 5.99. The Labute approximate surface area is 96.4 Å². The molecule has 16 heavy (non-hydrogen) atoms. The number of aliphatic hydroxyl groups is 1. The lowest BCUT2D eigenvalue weighted by molar-refractivity contribution is 0.0926. The molecule has 0 spiro atoms. The van der Waals surface area contributed by atoms with E-state index in [0.29, 0.717) is 19.3 Å². The van der Waals surface area contributed by atoms with Crippen LogP contribution in [0.3, 0.4) is 0 Å². The highest BCUT2D eigenvalue weighted by Gasteiger charge is 2.20. The van der Waals surface area contributed by atoms with Gasteiger partial charge in [0.05, 0.1) is 19.8 Å². The maximum atomic E-state index is 8.56. The monoisotopic (exact) mass is 221 g/mol. The normalized spacial score (nSPS) is 18.7. The molecule has 1 aromatic carbocycles. The van der Waals surface area contributed by atoms with Crippen molar-refractivity contribution in [2.45, 2.75) is 18.9 Å². The number of aryl methyl sites for hydroxylation is 1. The van der Waals surface area contributed by atoms with Crippen molar-refractivity contribution < 1.29 is 9.84 Å². The Morgan fingerprint density at radius 1 is 1.31 bits per heavy atom. The third kappa shape index (κ3) is 2.82. The molecule has 0 amide bonds. The highest BCUT2D eigenvalue weighted by molar-refractivity contribution is 5.34. The van der Waals surface area contributed by atoms with Crippen LogP contribution in [-0.4, -0.2) is 31.5 Å². The largest absolute Gasteiger partial charge is 0.394 e. The van der Waals surface area contributed by atoms with Gasteiger partial charge in [0.15, 0.2) is 0 Å². The molecule has 0 saturated heterocycles. The van der Waals surface area contributed by atoms with Gasteiger partial charge in [0.25, 0.3) is 0 Å². The minimum Gasteiger partial charge on any atom is -0.394 e. The van der Waals surface area contributed by atoms with Crippen LogP contribution in [0.4, 0.5) is 0 Å². The van der Waals surface area contributed by atoms with Crippen molar-refractivity contribution in [1.82, 2.24) is 5.32 Å². The fourth-order valence-corrected chi connectivity index (χ4v) is 2.24. The van der Waals surface area contributed by atoms with Crippen LogP contribution in [0, 0.1) is 0 Å². The Bertz CT molecular complexity index is 327. The first kappa shape index (κ1) is 11.6. The van der Waals surface area contributed by atoms with E-state index < -0.39 is 0 Å². The molecule has 1 aliphatic rings. The maximum absolute atomic E-state index is 8.56. The van der Waals surface area contributed by atoms with Crippen LogP contribution in [0.2, 0.25) is 0 Å². The van der Waals surface area contributed by atoms with Gasteiger partial charge in [0.1, 0.15) is 0 Å². The summed E-state index contributed by atoms with van der Waals surface area (Å²) in [5.74, 6) is 0. The van der Waals surface area contributed by atoms with Crippen LogP contribution in [0.15, 0.2) is 24.3 Å². The van der Waals surface area contributed by atoms with E-state index >= 15 is 0 Å². The SMILES string of the molecule is OCCOCCNC1CCc2ccccc21. The number of rotatable bonds is 6. The third-order valence-electron chi connectivity index (χ3n) is 3.01. The van der Waals surface area contributed by atoms with Crippen LogP contribution in [0.5, 0.6) is 0 Å². The van der Waals surface area contributed by atoms with Crippen LogP contribution in [-0.2, 0) is 11.2 Å². The van der Waals surface area contributed by atoms with E-state index in [4.69, 9.17) is 9.84 Å². The smallest absolute Gasteiger partial charge is 0.0698 e. The van der Waals surface area contributed by atoms with Gasteiger partial charge in [-0.25, -0.2) is 0 Å². The van der Waals surface area contributed by atoms with Gasteiger partial charge in [-0.15, -0.1) is 0 Å². The van der Waals surface area contributed by atoms with Gasteiger partial charge in [-0.2, -0.15) is 0 Å². The Kier molecular flexibility index (Phi) is 4.34. The Morgan fingerprint density at radius 2 is 2.19 bits per heavy atom. The minimum absolute atomic E-state index is 0.103. The van der Waals surface area contributed by atoms with Crippen LogP contribution < -0.4 is 5.32 Å². The van der Waals surface area contributed by atoms with Crippen LogP contribution in [0.25, 0.3) is 0 Å². The van der Waals surface area contributed by atoms with Gasteiger partial charge in [-0.1, -0.05) is 24.3 Å². The van der Waals surface area contributed by atoms with E-state index in [2.05, 4.69) is 29.6 Å². The van der Waals surface area contributed by atoms with Gasteiger partial charge >= 0.3 is 0 Å². The molecule has 0 radical (unpaired) electrons. The summed E-state index contributed by atoms with van der Waals surface area (Å²) in [6.45, 7) is 2.05. The van der Waals surface area contributed by atoms with Crippen LogP contribution >= 0.6 is 0 Å². The molecular formula is C13H19NO2. The van der Waals surface area contributed by atoms with Gasteiger partial charge in [0, 0.05) is 12.6 Å². The summed E-state index contributed by atoms with van der Waals surface area (Å²) in [6.07, 6.45) is 2.35. The summed E-state index contributed by atoms with van der Waals surface area (Å²) in [4.78, 5) is 0. The molecule has 88 valence electrons. The Hall–Kier alpha value is -0.900. The Balaban J connectivity index is 1.76. The summed E-state index contributed by atoms with van der Waals surface area (Å²) in [7, 11) is 0. The van der Waals surface area contributed by atoms with Gasteiger partial charge in [0.2, 0.25) is 0 Å². The molecule has 3 heteroatoms. The zero-order valence-electron chi connectivity index (χ0n) is 9.48. The lowest BCUT2D eigenvalue weighted by atomic mass is 10.1.